The van der Waals surface area contributed by atoms with E-state index in [1.807, 2.05) is 42.5 Å². The molecule has 132 heavy (non-hydrogen) atoms. The number of rotatable bonds is 18. The Morgan fingerprint density at radius 3 is 0.902 bits per heavy atom. The van der Waals surface area contributed by atoms with E-state index in [4.69, 9.17) is 25.3 Å². The van der Waals surface area contributed by atoms with Crippen LogP contribution >= 0.6 is 47.6 Å². The summed E-state index contributed by atoms with van der Waals surface area (Å²) in [7, 11) is -3.37. The molecule has 0 radical (unpaired) electrons. The van der Waals surface area contributed by atoms with Crippen LogP contribution in [-0.4, -0.2) is 47.4 Å². The number of esters is 1. The zero-order valence-corrected chi connectivity index (χ0v) is 80.1. The van der Waals surface area contributed by atoms with Crippen molar-refractivity contribution >= 4 is 147 Å². The van der Waals surface area contributed by atoms with Crippen LogP contribution in [0, 0.1) is 11.6 Å². The van der Waals surface area contributed by atoms with E-state index in [1.165, 1.54) is 99.5 Å². The number of fused-ring (bicyclic) bond motifs is 2. The Balaban J connectivity index is 0.000000146. The average molecular weight is 1970 g/mol. The molecule has 17 heteroatoms. The van der Waals surface area contributed by atoms with Gasteiger partial charge >= 0.3 is 13.1 Å². The molecule has 0 saturated heterocycles. The van der Waals surface area contributed by atoms with Crippen molar-refractivity contribution in [3.8, 4) is 16.9 Å². The van der Waals surface area contributed by atoms with Gasteiger partial charge in [0.25, 0.3) is 0 Å². The summed E-state index contributed by atoms with van der Waals surface area (Å²) in [5.41, 5.74) is 12.1. The van der Waals surface area contributed by atoms with Gasteiger partial charge in [-0.05, 0) is 217 Å². The molecule has 0 amide bonds. The van der Waals surface area contributed by atoms with Crippen molar-refractivity contribution < 1.29 is 63.1 Å². The smallest absolute Gasteiger partial charge is 0.482 e. The molecule has 0 aromatic heterocycles. The fourth-order valence-corrected chi connectivity index (χ4v) is 24.1. The minimum absolute atomic E-state index is 0. The van der Waals surface area contributed by atoms with Gasteiger partial charge in [-0.3, -0.25) is 9.59 Å². The number of aryl methyl sites for hydroxylation is 2. The molecule has 664 valence electrons. The van der Waals surface area contributed by atoms with E-state index >= 15 is 0 Å². The molecule has 4 N–H and O–H groups in total. The summed E-state index contributed by atoms with van der Waals surface area (Å²) >= 11 is 3.37. The molecule has 19 rings (SSSR count). The van der Waals surface area contributed by atoms with E-state index < -0.39 is 44.6 Å². The molecule has 17 aromatic carbocycles. The molecule has 0 fully saturated rings. The fourth-order valence-electron chi connectivity index (χ4n) is 14.5. The van der Waals surface area contributed by atoms with Crippen molar-refractivity contribution in [2.45, 2.75) is 58.5 Å². The first-order valence-corrected chi connectivity index (χ1v) is 49.6. The number of anilines is 1. The zero-order valence-electron chi connectivity index (χ0n) is 73.4. The molecule has 8 nitrogen and oxygen atoms in total. The number of hydrogen-bond acceptors (Lipinski definition) is 8. The number of benzene rings is 17. The molecule has 0 unspecified atom stereocenters. The van der Waals surface area contributed by atoms with Crippen molar-refractivity contribution in [2.24, 2.45) is 0 Å². The van der Waals surface area contributed by atoms with Gasteiger partial charge in [0.15, 0.2) is 18.2 Å². The Morgan fingerprint density at radius 1 is 0.341 bits per heavy atom. The van der Waals surface area contributed by atoms with Crippen molar-refractivity contribution in [1.29, 1.82) is 0 Å². The summed E-state index contributed by atoms with van der Waals surface area (Å²) < 4.78 is 36.6. The predicted octanol–water partition coefficient (Wildman–Crippen LogP) is 21.9. The van der Waals surface area contributed by atoms with Gasteiger partial charge in [-0.2, -0.15) is 0 Å². The number of carbonyl (C=O) groups excluding carboxylic acids is 3. The number of ketones is 2. The standard InChI is InChI=1S/4C18H15P.C16H13FO.C11H15NO3.C10H9BrO.C6H6BFO2.Pd/c4*1-4-10-16(11-5-1)19(17-12-6-2-7-13-17)18-14-8-3-9-15-18;17-14-5-1-4-12(9-14)13-8-7-11-3-2-6-16(18)15(11)10-13;1-8(2)15-11(13)7-14-10-5-3-4-9(12)6-10;11-8-5-4-7-2-1-3-10(12)9(7)6-8;8-6-3-1-2-5(4-6)7(9)10;/h4*1-15H;1,4-5,7-10H,2-3,6H2;3-6,8H,7,12H2,1-2H3;4-6H,1-3H2;1-4,9-10H;. The number of ether oxygens (including phenoxy) is 2. The Bertz CT molecular complexity index is 5430. The molecular formula is C115H103BBrF2NO7P4Pd. The van der Waals surface area contributed by atoms with Crippen molar-refractivity contribution in [2.75, 3.05) is 12.3 Å². The third-order valence-corrected chi connectivity index (χ3v) is 30.8. The van der Waals surface area contributed by atoms with E-state index in [1.54, 1.807) is 44.2 Å². The van der Waals surface area contributed by atoms with Crippen LogP contribution in [0.25, 0.3) is 11.1 Å². The van der Waals surface area contributed by atoms with Crippen LogP contribution in [0.5, 0.6) is 5.75 Å². The van der Waals surface area contributed by atoms with Gasteiger partial charge in [0.1, 0.15) is 17.4 Å². The SMILES string of the molecule is CC(C)OC(=O)COc1cccc(N)c1.O=C1CCCc2ccc(-c3cccc(F)c3)cc21.O=C1CCCc2ccc(Br)cc21.OB(O)c1cccc(F)c1.[Pd].c1ccc(P(c2ccccc2)c2ccccc2)cc1.c1ccc(P(c2ccccc2)c2ccccc2)cc1.c1ccc(P(c2ccccc2)c2ccccc2)cc1.c1ccc(P(c2ccccc2)c2ccccc2)cc1. The molecule has 2 aliphatic rings. The summed E-state index contributed by atoms with van der Waals surface area (Å²) in [5.74, 6) is -0.0441. The maximum absolute atomic E-state index is 13.2. The summed E-state index contributed by atoms with van der Waals surface area (Å²) in [6.45, 7) is 3.48. The van der Waals surface area contributed by atoms with E-state index in [0.717, 1.165) is 64.0 Å². The summed E-state index contributed by atoms with van der Waals surface area (Å²) in [6.07, 6.45) is 5.17. The largest absolute Gasteiger partial charge is 0.488 e. The molecule has 0 heterocycles. The van der Waals surface area contributed by atoms with Crippen LogP contribution in [0.2, 0.25) is 0 Å². The van der Waals surface area contributed by atoms with Crippen LogP contribution in [0.1, 0.15) is 71.4 Å². The Labute approximate surface area is 803 Å². The fraction of sp³-hybridized carbons (Fsp3) is 0.0870. The van der Waals surface area contributed by atoms with Crippen LogP contribution in [0.15, 0.2) is 478 Å². The number of nitrogens with two attached hydrogens (primary N) is 1. The first kappa shape index (κ1) is 100. The zero-order chi connectivity index (χ0) is 91.6. The van der Waals surface area contributed by atoms with Crippen molar-refractivity contribution in [1.82, 2.24) is 0 Å². The van der Waals surface area contributed by atoms with E-state index in [2.05, 4.69) is 380 Å². The average Bonchev–Trinajstić information content (AvgIpc) is 0.816. The topological polar surface area (TPSA) is 136 Å². The summed E-state index contributed by atoms with van der Waals surface area (Å²) in [4.78, 5) is 34.4. The second-order valence-electron chi connectivity index (χ2n) is 30.4. The quantitative estimate of drug-likeness (QED) is 0.0334. The Kier molecular flexibility index (Phi) is 41.5. The molecule has 2 aliphatic carbocycles. The number of Topliss-reactive ketones (excluding diaryl/α,β-unsaturated/α-hetero) is 2. The monoisotopic (exact) mass is 1970 g/mol. The molecular weight excluding hydrogens is 1870 g/mol. The molecule has 0 bridgehead atoms. The third-order valence-electron chi connectivity index (χ3n) is 20.5. The van der Waals surface area contributed by atoms with Crippen LogP contribution < -0.4 is 79.6 Å². The number of hydrogen-bond donors (Lipinski definition) is 3. The van der Waals surface area contributed by atoms with E-state index in [0.29, 0.717) is 24.3 Å². The van der Waals surface area contributed by atoms with Gasteiger partial charge in [0.2, 0.25) is 0 Å². The minimum Gasteiger partial charge on any atom is -0.482 e. The third kappa shape index (κ3) is 31.8. The molecule has 0 saturated carbocycles. The minimum atomic E-state index is -1.59. The molecule has 17 aromatic rings. The second kappa shape index (κ2) is 54.6. The van der Waals surface area contributed by atoms with Crippen molar-refractivity contribution in [3.63, 3.8) is 0 Å². The summed E-state index contributed by atoms with van der Waals surface area (Å²) in [6, 6.07) is 160. The summed E-state index contributed by atoms with van der Waals surface area (Å²) in [5, 5.41) is 33.9. The number of carbonyl (C=O) groups is 3. The molecule has 0 atom stereocenters. The normalized spacial score (nSPS) is 11.4. The van der Waals surface area contributed by atoms with Gasteiger partial charge in [-0.15, -0.1) is 0 Å². The van der Waals surface area contributed by atoms with Crippen LogP contribution in [0.3, 0.4) is 0 Å². The molecule has 0 spiro atoms. The van der Waals surface area contributed by atoms with Crippen molar-refractivity contribution in [3.05, 3.63) is 512 Å². The number of halogens is 3. The van der Waals surface area contributed by atoms with Crippen LogP contribution in [-0.2, 0) is 42.8 Å². The maximum Gasteiger partial charge on any atom is 0.488 e. The van der Waals surface area contributed by atoms with E-state index in [9.17, 15) is 23.2 Å². The first-order valence-electron chi connectivity index (χ1n) is 43.4. The Morgan fingerprint density at radius 2 is 0.621 bits per heavy atom. The second-order valence-corrected chi connectivity index (χ2v) is 40.2. The maximum atomic E-state index is 13.2. The van der Waals surface area contributed by atoms with Gasteiger partial charge in [-0.25, -0.2) is 13.6 Å². The van der Waals surface area contributed by atoms with Gasteiger partial charge < -0.3 is 25.3 Å². The van der Waals surface area contributed by atoms with Gasteiger partial charge in [0.05, 0.1) is 6.10 Å². The predicted molar refractivity (Wildman–Crippen MR) is 555 cm³/mol. The van der Waals surface area contributed by atoms with Crippen LogP contribution in [0.4, 0.5) is 14.5 Å². The first-order chi connectivity index (χ1) is 64.1. The van der Waals surface area contributed by atoms with E-state index in [-0.39, 0.29) is 61.9 Å². The Hall–Kier alpha value is -12.1. The number of nitrogen functional groups attached to an aromatic ring is 1. The van der Waals surface area contributed by atoms with Gasteiger partial charge in [0, 0.05) is 60.6 Å². The molecule has 0 aliphatic heterocycles. The van der Waals surface area contributed by atoms with Gasteiger partial charge in [-0.1, -0.05) is 428 Å².